The molecule has 1 heteroatoms. The zero-order valence-electron chi connectivity index (χ0n) is 10.4. The summed E-state index contributed by atoms with van der Waals surface area (Å²) in [4.78, 5) is 3.02. The van der Waals surface area contributed by atoms with Crippen LogP contribution in [0.25, 0.3) is 0 Å². The summed E-state index contributed by atoms with van der Waals surface area (Å²) in [6.07, 6.45) is 15.4. The van der Waals surface area contributed by atoms with Gasteiger partial charge in [-0.2, -0.15) is 0 Å². The van der Waals surface area contributed by atoms with Gasteiger partial charge in [-0.05, 0) is 63.2 Å². The fourth-order valence-electron chi connectivity index (χ4n) is 5.46. The largest absolute Gasteiger partial charge is 0.294 e. The predicted octanol–water partition coefficient (Wildman–Crippen LogP) is 3.58. The van der Waals surface area contributed by atoms with Gasteiger partial charge in [0.05, 0.1) is 0 Å². The van der Waals surface area contributed by atoms with Gasteiger partial charge in [0.1, 0.15) is 0 Å². The van der Waals surface area contributed by atoms with E-state index in [1.54, 1.807) is 32.1 Å². The number of piperidine rings is 1. The SMILES string of the molecule is C1CC2CCC(C1)N2C1CCC2CCC1C2. The van der Waals surface area contributed by atoms with Crippen LogP contribution in [0.2, 0.25) is 0 Å². The summed E-state index contributed by atoms with van der Waals surface area (Å²) in [5.41, 5.74) is 0. The molecule has 2 saturated heterocycles. The Hall–Kier alpha value is -0.0400. The molecule has 0 spiro atoms. The molecule has 0 aromatic rings. The Morgan fingerprint density at radius 1 is 0.688 bits per heavy atom. The molecule has 0 aromatic heterocycles. The van der Waals surface area contributed by atoms with Crippen LogP contribution in [0, 0.1) is 11.8 Å². The number of nitrogens with zero attached hydrogens (tertiary/aromatic N) is 1. The third-order valence-electron chi connectivity index (χ3n) is 6.13. The summed E-state index contributed by atoms with van der Waals surface area (Å²) in [7, 11) is 0. The molecule has 2 aliphatic carbocycles. The fourth-order valence-corrected chi connectivity index (χ4v) is 5.46. The van der Waals surface area contributed by atoms with Crippen molar-refractivity contribution in [3.05, 3.63) is 0 Å². The molecule has 5 unspecified atom stereocenters. The van der Waals surface area contributed by atoms with E-state index in [4.69, 9.17) is 0 Å². The number of fused-ring (bicyclic) bond motifs is 4. The maximum atomic E-state index is 3.02. The molecule has 1 nitrogen and oxygen atoms in total. The van der Waals surface area contributed by atoms with Gasteiger partial charge in [-0.1, -0.05) is 12.8 Å². The third-order valence-corrected chi connectivity index (χ3v) is 6.13. The zero-order chi connectivity index (χ0) is 10.5. The first-order valence-electron chi connectivity index (χ1n) is 7.69. The first kappa shape index (κ1) is 9.94. The van der Waals surface area contributed by atoms with Gasteiger partial charge < -0.3 is 0 Å². The molecule has 0 radical (unpaired) electrons. The maximum Gasteiger partial charge on any atom is 0.0130 e. The summed E-state index contributed by atoms with van der Waals surface area (Å²) >= 11 is 0. The van der Waals surface area contributed by atoms with Crippen molar-refractivity contribution in [2.24, 2.45) is 11.8 Å². The second kappa shape index (κ2) is 3.73. The molecule has 0 amide bonds. The highest BCUT2D eigenvalue weighted by molar-refractivity contribution is 5.00. The summed E-state index contributed by atoms with van der Waals surface area (Å²) in [5, 5.41) is 0. The van der Waals surface area contributed by atoms with Crippen molar-refractivity contribution in [3.8, 4) is 0 Å². The highest BCUT2D eigenvalue weighted by Crippen LogP contribution is 2.48. The van der Waals surface area contributed by atoms with Crippen LogP contribution in [0.4, 0.5) is 0 Å². The van der Waals surface area contributed by atoms with E-state index < -0.39 is 0 Å². The Kier molecular flexibility index (Phi) is 2.32. The Labute approximate surface area is 99.6 Å². The van der Waals surface area contributed by atoms with E-state index in [2.05, 4.69) is 4.90 Å². The number of hydrogen-bond acceptors (Lipinski definition) is 1. The quantitative estimate of drug-likeness (QED) is 0.651. The number of hydrogen-bond donors (Lipinski definition) is 0. The van der Waals surface area contributed by atoms with Crippen molar-refractivity contribution in [3.63, 3.8) is 0 Å². The maximum absolute atomic E-state index is 3.02. The van der Waals surface area contributed by atoms with E-state index >= 15 is 0 Å². The Balaban J connectivity index is 1.56. The highest BCUT2D eigenvalue weighted by atomic mass is 15.2. The lowest BCUT2D eigenvalue weighted by atomic mass is 9.82. The van der Waals surface area contributed by atoms with Crippen LogP contribution in [0.5, 0.6) is 0 Å². The zero-order valence-corrected chi connectivity index (χ0v) is 10.4. The minimum Gasteiger partial charge on any atom is -0.294 e. The van der Waals surface area contributed by atoms with Crippen LogP contribution in [0.15, 0.2) is 0 Å². The molecule has 4 rings (SSSR count). The van der Waals surface area contributed by atoms with E-state index in [1.165, 1.54) is 32.1 Å². The minimum absolute atomic E-state index is 1.00. The standard InChI is InChI=1S/C15H25N/c1-2-13-7-8-14(3-1)16(13)15-9-5-11-4-6-12(15)10-11/h11-15H,1-10H2. The molecule has 4 aliphatic rings. The van der Waals surface area contributed by atoms with Gasteiger partial charge >= 0.3 is 0 Å². The molecular formula is C15H25N. The van der Waals surface area contributed by atoms with Crippen molar-refractivity contribution < 1.29 is 0 Å². The monoisotopic (exact) mass is 219 g/mol. The van der Waals surface area contributed by atoms with Gasteiger partial charge in [0.2, 0.25) is 0 Å². The molecule has 0 N–H and O–H groups in total. The molecule has 2 aliphatic heterocycles. The average Bonchev–Trinajstić information content (AvgIpc) is 2.80. The van der Waals surface area contributed by atoms with E-state index in [1.807, 2.05) is 0 Å². The van der Waals surface area contributed by atoms with E-state index in [0.717, 1.165) is 30.0 Å². The topological polar surface area (TPSA) is 3.24 Å². The van der Waals surface area contributed by atoms with Crippen molar-refractivity contribution in [1.82, 2.24) is 4.90 Å². The predicted molar refractivity (Wildman–Crippen MR) is 66.4 cm³/mol. The van der Waals surface area contributed by atoms with Gasteiger partial charge in [-0.3, -0.25) is 4.90 Å². The molecule has 16 heavy (non-hydrogen) atoms. The molecule has 0 aromatic carbocycles. The highest BCUT2D eigenvalue weighted by Gasteiger charge is 2.46. The Morgan fingerprint density at radius 3 is 2.25 bits per heavy atom. The second-order valence-corrected chi connectivity index (χ2v) is 6.85. The van der Waals surface area contributed by atoms with E-state index in [9.17, 15) is 0 Å². The van der Waals surface area contributed by atoms with Crippen molar-refractivity contribution in [2.45, 2.75) is 82.3 Å². The van der Waals surface area contributed by atoms with E-state index in [-0.39, 0.29) is 0 Å². The van der Waals surface area contributed by atoms with Crippen LogP contribution in [-0.4, -0.2) is 23.0 Å². The Morgan fingerprint density at radius 2 is 1.44 bits per heavy atom. The summed E-state index contributed by atoms with van der Waals surface area (Å²) in [6, 6.07) is 3.01. The molecule has 2 heterocycles. The van der Waals surface area contributed by atoms with Gasteiger partial charge in [0.15, 0.2) is 0 Å². The minimum atomic E-state index is 1.00. The molecule has 4 bridgehead atoms. The molecule has 90 valence electrons. The lowest BCUT2D eigenvalue weighted by Gasteiger charge is -2.45. The third kappa shape index (κ3) is 1.40. The van der Waals surface area contributed by atoms with Crippen LogP contribution in [-0.2, 0) is 0 Å². The lowest BCUT2D eigenvalue weighted by Crippen LogP contribution is -2.50. The van der Waals surface area contributed by atoms with Gasteiger partial charge in [0.25, 0.3) is 0 Å². The van der Waals surface area contributed by atoms with Crippen LogP contribution >= 0.6 is 0 Å². The average molecular weight is 219 g/mol. The normalized spacial score (nSPS) is 52.1. The smallest absolute Gasteiger partial charge is 0.0130 e. The van der Waals surface area contributed by atoms with Gasteiger partial charge in [0, 0.05) is 18.1 Å². The summed E-state index contributed by atoms with van der Waals surface area (Å²) < 4.78 is 0. The van der Waals surface area contributed by atoms with Crippen molar-refractivity contribution in [2.75, 3.05) is 0 Å². The fraction of sp³-hybridized carbons (Fsp3) is 1.00. The summed E-state index contributed by atoms with van der Waals surface area (Å²) in [5.74, 6) is 2.23. The van der Waals surface area contributed by atoms with Crippen LogP contribution in [0.3, 0.4) is 0 Å². The van der Waals surface area contributed by atoms with Gasteiger partial charge in [-0.15, -0.1) is 0 Å². The molecular weight excluding hydrogens is 194 g/mol. The first-order valence-corrected chi connectivity index (χ1v) is 7.69. The van der Waals surface area contributed by atoms with Crippen LogP contribution in [0.1, 0.15) is 64.2 Å². The van der Waals surface area contributed by atoms with Crippen molar-refractivity contribution in [1.29, 1.82) is 0 Å². The second-order valence-electron chi connectivity index (χ2n) is 6.85. The number of rotatable bonds is 1. The molecule has 5 atom stereocenters. The summed E-state index contributed by atoms with van der Waals surface area (Å²) in [6.45, 7) is 0. The van der Waals surface area contributed by atoms with Crippen molar-refractivity contribution >= 4 is 0 Å². The van der Waals surface area contributed by atoms with Crippen LogP contribution < -0.4 is 0 Å². The van der Waals surface area contributed by atoms with E-state index in [0.29, 0.717) is 0 Å². The van der Waals surface area contributed by atoms with Gasteiger partial charge in [-0.25, -0.2) is 0 Å². The molecule has 4 fully saturated rings. The lowest BCUT2D eigenvalue weighted by molar-refractivity contribution is 0.0360. The molecule has 2 saturated carbocycles. The first-order chi connectivity index (χ1) is 7.92. The Bertz CT molecular complexity index is 259.